The van der Waals surface area contributed by atoms with E-state index in [9.17, 15) is 27.0 Å². The Hall–Kier alpha value is -1.57. The minimum Gasteiger partial charge on any atom is -0.858 e. The molecule has 2 aliphatic rings. The summed E-state index contributed by atoms with van der Waals surface area (Å²) in [5, 5.41) is 20.8. The van der Waals surface area contributed by atoms with Crippen molar-refractivity contribution in [2.45, 2.75) is 13.8 Å². The molecule has 0 fully saturated rings. The van der Waals surface area contributed by atoms with Crippen LogP contribution in [0.3, 0.4) is 0 Å². The Morgan fingerprint density at radius 1 is 0.857 bits per heavy atom. The Morgan fingerprint density at radius 2 is 1.14 bits per heavy atom. The van der Waals surface area contributed by atoms with Crippen molar-refractivity contribution in [1.29, 1.82) is 0 Å². The number of hydrogen-bond donors (Lipinski definition) is 0. The Balaban J connectivity index is 0.000000364. The van der Waals surface area contributed by atoms with Gasteiger partial charge in [-0.25, -0.2) is 0 Å². The predicted molar refractivity (Wildman–Crippen MR) is 62.4 cm³/mol. The molecule has 10 nitrogen and oxygen atoms in total. The molecule has 0 spiro atoms. The third-order valence-electron chi connectivity index (χ3n) is 1.53. The van der Waals surface area contributed by atoms with Gasteiger partial charge in [-0.1, -0.05) is 0 Å². The maximum Gasteiger partial charge on any atom is 2.00 e. The molecule has 2 aliphatic heterocycles. The zero-order valence-electron chi connectivity index (χ0n) is 10.5. The Kier molecular flexibility index (Phi) is 6.41. The van der Waals surface area contributed by atoms with Gasteiger partial charge < -0.3 is 18.6 Å². The normalized spacial score (nSPS) is 21.4. The van der Waals surface area contributed by atoms with Gasteiger partial charge in [0.15, 0.2) is 0 Å². The monoisotopic (exact) mass is 383 g/mol. The van der Waals surface area contributed by atoms with E-state index in [0.717, 1.165) is 12.2 Å². The van der Waals surface area contributed by atoms with E-state index in [1.54, 1.807) is 0 Å². The predicted octanol–water partition coefficient (Wildman–Crippen LogP) is -2.15. The summed E-state index contributed by atoms with van der Waals surface area (Å²) < 4.78 is 55.5. The molecule has 0 bridgehead atoms. The van der Waals surface area contributed by atoms with Gasteiger partial charge in [-0.15, -0.1) is 8.80 Å². The molecule has 0 saturated carbocycles. The van der Waals surface area contributed by atoms with Gasteiger partial charge >= 0.3 is 37.4 Å². The minimum atomic E-state index is -3.97. The minimum absolute atomic E-state index is 0. The van der Waals surface area contributed by atoms with E-state index in [4.69, 9.17) is 0 Å². The van der Waals surface area contributed by atoms with Gasteiger partial charge in [0.2, 0.25) is 0 Å². The van der Waals surface area contributed by atoms with Crippen molar-refractivity contribution in [3.63, 3.8) is 0 Å². The molecule has 0 atom stereocenters. The first-order valence-electron chi connectivity index (χ1n) is 4.78. The molecule has 0 aromatic rings. The molecule has 13 heteroatoms. The van der Waals surface area contributed by atoms with Crippen LogP contribution in [-0.2, 0) is 45.8 Å². The second kappa shape index (κ2) is 6.92. The first kappa shape index (κ1) is 19.4. The molecule has 0 aromatic heterocycles. The van der Waals surface area contributed by atoms with Crippen LogP contribution in [0.2, 0.25) is 0 Å². The first-order valence-corrected chi connectivity index (χ1v) is 7.51. The topological polar surface area (TPSA) is 158 Å². The van der Waals surface area contributed by atoms with Crippen LogP contribution in [0.15, 0.2) is 32.5 Å². The van der Waals surface area contributed by atoms with Crippen LogP contribution >= 0.6 is 0 Å². The maximum absolute atomic E-state index is 10.4. The van der Waals surface area contributed by atoms with Crippen molar-refractivity contribution < 1.29 is 52.2 Å². The van der Waals surface area contributed by atoms with Gasteiger partial charge in [-0.3, -0.25) is 0 Å². The van der Waals surface area contributed by atoms with E-state index in [0.29, 0.717) is 0 Å². The summed E-state index contributed by atoms with van der Waals surface area (Å²) in [5.74, 6) is -1.52. The molecule has 0 N–H and O–H groups in total. The number of nitrogens with zero attached hydrogens (tertiary/aromatic N) is 2. The molecular formula is C8H8CoN2O8S2. The molecule has 0 amide bonds. The zero-order chi connectivity index (χ0) is 15.6. The average molecular weight is 383 g/mol. The van der Waals surface area contributed by atoms with E-state index in [1.165, 1.54) is 13.8 Å². The summed E-state index contributed by atoms with van der Waals surface area (Å²) >= 11 is 0. The van der Waals surface area contributed by atoms with Crippen molar-refractivity contribution in [3.05, 3.63) is 23.7 Å². The quantitative estimate of drug-likeness (QED) is 0.458. The SMILES string of the molecule is CC1=CC([O-])=NS(=O)(=O)O1.CC1=CC([O-])=NS(=O)(=O)O1.[Co+2]. The Labute approximate surface area is 131 Å². The average Bonchev–Trinajstić information content (AvgIpc) is 2.08. The Morgan fingerprint density at radius 3 is 1.33 bits per heavy atom. The molecular weight excluding hydrogens is 375 g/mol. The molecule has 0 saturated heterocycles. The molecule has 0 unspecified atom stereocenters. The molecule has 0 aliphatic carbocycles. The third-order valence-corrected chi connectivity index (χ3v) is 3.28. The molecule has 1 radical (unpaired) electrons. The third kappa shape index (κ3) is 7.12. The molecule has 0 aromatic carbocycles. The van der Waals surface area contributed by atoms with Gasteiger partial charge in [0.25, 0.3) is 0 Å². The van der Waals surface area contributed by atoms with Crippen molar-refractivity contribution in [2.75, 3.05) is 0 Å². The van der Waals surface area contributed by atoms with Gasteiger partial charge in [0.1, 0.15) is 11.5 Å². The van der Waals surface area contributed by atoms with Crippen molar-refractivity contribution >= 4 is 32.4 Å². The Bertz CT molecular complexity index is 668. The van der Waals surface area contributed by atoms with E-state index in [1.807, 2.05) is 0 Å². The van der Waals surface area contributed by atoms with Gasteiger partial charge in [0.05, 0.1) is 0 Å². The summed E-state index contributed by atoms with van der Waals surface area (Å²) in [6.45, 7) is 2.73. The molecule has 119 valence electrons. The summed E-state index contributed by atoms with van der Waals surface area (Å²) in [6, 6.07) is 0. The molecule has 2 rings (SSSR count). The van der Waals surface area contributed by atoms with Crippen molar-refractivity contribution in [3.8, 4) is 0 Å². The van der Waals surface area contributed by atoms with E-state index < -0.39 is 32.4 Å². The number of hydrogen-bond acceptors (Lipinski definition) is 8. The fourth-order valence-electron chi connectivity index (χ4n) is 1.04. The van der Waals surface area contributed by atoms with Crippen LogP contribution in [0.4, 0.5) is 0 Å². The van der Waals surface area contributed by atoms with E-state index in [-0.39, 0.29) is 28.3 Å². The standard InChI is InChI=1S/2C4H5NO4S.Co/c2*1-3-2-4(6)5-10(7,8)9-3;/h2*2H,1H3,(H,5,6);/q;;+2/p-2. The molecule has 2 heterocycles. The van der Waals surface area contributed by atoms with Crippen LogP contribution < -0.4 is 10.2 Å². The fraction of sp³-hybridized carbons (Fsp3) is 0.250. The van der Waals surface area contributed by atoms with E-state index in [2.05, 4.69) is 17.2 Å². The zero-order valence-corrected chi connectivity index (χ0v) is 13.1. The smallest absolute Gasteiger partial charge is 0.858 e. The van der Waals surface area contributed by atoms with E-state index >= 15 is 0 Å². The number of rotatable bonds is 0. The second-order valence-electron chi connectivity index (χ2n) is 3.39. The van der Waals surface area contributed by atoms with Crippen LogP contribution in [0.1, 0.15) is 13.8 Å². The van der Waals surface area contributed by atoms with Crippen molar-refractivity contribution in [2.24, 2.45) is 8.80 Å². The van der Waals surface area contributed by atoms with Crippen molar-refractivity contribution in [1.82, 2.24) is 0 Å². The van der Waals surface area contributed by atoms with Gasteiger partial charge in [-0.2, -0.15) is 16.8 Å². The summed E-state index contributed by atoms with van der Waals surface area (Å²) in [5.41, 5.74) is 0. The first-order chi connectivity index (χ1) is 8.99. The number of allylic oxidation sites excluding steroid dienone is 2. The summed E-state index contributed by atoms with van der Waals surface area (Å²) in [6.07, 6.45) is 2.00. The summed E-state index contributed by atoms with van der Waals surface area (Å²) in [7, 11) is -7.95. The van der Waals surface area contributed by atoms with Gasteiger partial charge in [-0.05, 0) is 26.0 Å². The van der Waals surface area contributed by atoms with Crippen LogP contribution in [0, 0.1) is 0 Å². The maximum atomic E-state index is 10.4. The van der Waals surface area contributed by atoms with Crippen LogP contribution in [0.25, 0.3) is 0 Å². The van der Waals surface area contributed by atoms with Gasteiger partial charge in [0, 0.05) is 11.8 Å². The largest absolute Gasteiger partial charge is 2.00 e. The summed E-state index contributed by atoms with van der Waals surface area (Å²) in [4.78, 5) is 0. The second-order valence-corrected chi connectivity index (χ2v) is 5.80. The fourth-order valence-corrected chi connectivity index (χ4v) is 2.42. The molecule has 21 heavy (non-hydrogen) atoms. The van der Waals surface area contributed by atoms with Crippen LogP contribution in [-0.4, -0.2) is 28.6 Å². The van der Waals surface area contributed by atoms with Crippen LogP contribution in [0.5, 0.6) is 0 Å².